The molecule has 0 aliphatic carbocycles. The molecule has 1 amide bonds. The maximum absolute atomic E-state index is 11.2. The average molecular weight is 210 g/mol. The van der Waals surface area contributed by atoms with Gasteiger partial charge in [0, 0.05) is 7.05 Å². The first kappa shape index (κ1) is 10.1. The summed E-state index contributed by atoms with van der Waals surface area (Å²) in [5, 5.41) is 9.38. The second-order valence-corrected chi connectivity index (χ2v) is 3.86. The Balaban J connectivity index is 2.23. The van der Waals surface area contributed by atoms with E-state index in [2.05, 4.69) is 20.8 Å². The van der Waals surface area contributed by atoms with Gasteiger partial charge in [-0.25, -0.2) is 0 Å². The van der Waals surface area contributed by atoms with Gasteiger partial charge in [-0.05, 0) is 26.3 Å². The van der Waals surface area contributed by atoms with E-state index in [9.17, 15) is 4.79 Å². The SMILES string of the molecule is CNC(=O)c1noc(C2(C)CCCN2)n1. The van der Waals surface area contributed by atoms with Crippen LogP contribution in [0.2, 0.25) is 0 Å². The Morgan fingerprint density at radius 3 is 3.07 bits per heavy atom. The minimum atomic E-state index is -0.327. The van der Waals surface area contributed by atoms with Crippen LogP contribution >= 0.6 is 0 Å². The molecule has 2 N–H and O–H groups in total. The molecule has 6 heteroatoms. The van der Waals surface area contributed by atoms with Crippen molar-refractivity contribution in [2.45, 2.75) is 25.3 Å². The molecule has 1 atom stereocenters. The molecule has 1 aliphatic heterocycles. The molecule has 1 unspecified atom stereocenters. The molecule has 1 aromatic rings. The van der Waals surface area contributed by atoms with E-state index in [0.717, 1.165) is 19.4 Å². The zero-order valence-corrected chi connectivity index (χ0v) is 8.83. The summed E-state index contributed by atoms with van der Waals surface area (Å²) in [6.45, 7) is 2.94. The van der Waals surface area contributed by atoms with E-state index in [0.29, 0.717) is 5.89 Å². The van der Waals surface area contributed by atoms with Crippen LogP contribution in [-0.4, -0.2) is 29.6 Å². The fraction of sp³-hybridized carbons (Fsp3) is 0.667. The molecular formula is C9H14N4O2. The number of amides is 1. The van der Waals surface area contributed by atoms with E-state index in [1.54, 1.807) is 0 Å². The van der Waals surface area contributed by atoms with Crippen molar-refractivity contribution in [2.75, 3.05) is 13.6 Å². The zero-order valence-electron chi connectivity index (χ0n) is 8.83. The minimum absolute atomic E-state index is 0.0856. The molecule has 0 bridgehead atoms. The first-order valence-corrected chi connectivity index (χ1v) is 4.97. The van der Waals surface area contributed by atoms with Crippen LogP contribution in [0.4, 0.5) is 0 Å². The normalized spacial score (nSPS) is 25.5. The fourth-order valence-corrected chi connectivity index (χ4v) is 1.73. The minimum Gasteiger partial charge on any atom is -0.352 e. The smallest absolute Gasteiger partial charge is 0.292 e. The van der Waals surface area contributed by atoms with E-state index in [-0.39, 0.29) is 17.3 Å². The number of aromatic nitrogens is 2. The molecule has 1 fully saturated rings. The second kappa shape index (κ2) is 3.62. The van der Waals surface area contributed by atoms with Crippen LogP contribution in [0.25, 0.3) is 0 Å². The molecule has 0 spiro atoms. The second-order valence-electron chi connectivity index (χ2n) is 3.86. The van der Waals surface area contributed by atoms with Gasteiger partial charge >= 0.3 is 0 Å². The van der Waals surface area contributed by atoms with Gasteiger partial charge in [-0.2, -0.15) is 4.98 Å². The lowest BCUT2D eigenvalue weighted by atomic mass is 10.0. The Morgan fingerprint density at radius 2 is 2.47 bits per heavy atom. The topological polar surface area (TPSA) is 80.0 Å². The highest BCUT2D eigenvalue weighted by Crippen LogP contribution is 2.28. The first-order chi connectivity index (χ1) is 7.15. The van der Waals surface area contributed by atoms with E-state index >= 15 is 0 Å². The highest BCUT2D eigenvalue weighted by atomic mass is 16.5. The molecule has 15 heavy (non-hydrogen) atoms. The van der Waals surface area contributed by atoms with Gasteiger partial charge < -0.3 is 15.2 Å². The summed E-state index contributed by atoms with van der Waals surface area (Å²) < 4.78 is 5.09. The molecule has 1 aromatic heterocycles. The van der Waals surface area contributed by atoms with E-state index in [4.69, 9.17) is 4.52 Å². The largest absolute Gasteiger partial charge is 0.352 e. The standard InChI is InChI=1S/C9H14N4O2/c1-9(4-3-5-11-9)8-12-6(13-15-8)7(14)10-2/h11H,3-5H2,1-2H3,(H,10,14). The van der Waals surface area contributed by atoms with Crippen molar-refractivity contribution in [3.05, 3.63) is 11.7 Å². The van der Waals surface area contributed by atoms with Gasteiger partial charge in [0.15, 0.2) is 0 Å². The summed E-state index contributed by atoms with van der Waals surface area (Å²) in [6, 6.07) is 0. The molecule has 2 heterocycles. The summed E-state index contributed by atoms with van der Waals surface area (Å²) in [5.74, 6) is 0.243. The summed E-state index contributed by atoms with van der Waals surface area (Å²) in [4.78, 5) is 15.3. The highest BCUT2D eigenvalue weighted by molar-refractivity contribution is 5.89. The molecule has 0 saturated carbocycles. The van der Waals surface area contributed by atoms with Crippen molar-refractivity contribution in [3.63, 3.8) is 0 Å². The lowest BCUT2D eigenvalue weighted by Crippen LogP contribution is -2.33. The van der Waals surface area contributed by atoms with Crippen LogP contribution in [-0.2, 0) is 5.54 Å². The van der Waals surface area contributed by atoms with Crippen molar-refractivity contribution < 1.29 is 9.32 Å². The van der Waals surface area contributed by atoms with Gasteiger partial charge in [0.05, 0.1) is 5.54 Å². The first-order valence-electron chi connectivity index (χ1n) is 4.97. The quantitative estimate of drug-likeness (QED) is 0.719. The molecule has 2 rings (SSSR count). The molecule has 1 aliphatic rings. The Morgan fingerprint density at radius 1 is 1.67 bits per heavy atom. The van der Waals surface area contributed by atoms with Gasteiger partial charge in [0.2, 0.25) is 5.89 Å². The van der Waals surface area contributed by atoms with Crippen molar-refractivity contribution in [1.82, 2.24) is 20.8 Å². The van der Waals surface area contributed by atoms with Gasteiger partial charge in [-0.1, -0.05) is 5.16 Å². The Kier molecular flexibility index (Phi) is 2.44. The van der Waals surface area contributed by atoms with Crippen LogP contribution in [0.5, 0.6) is 0 Å². The van der Waals surface area contributed by atoms with E-state index in [1.807, 2.05) is 6.92 Å². The predicted molar refractivity (Wildman–Crippen MR) is 52.3 cm³/mol. The van der Waals surface area contributed by atoms with Crippen molar-refractivity contribution in [2.24, 2.45) is 0 Å². The Hall–Kier alpha value is -1.43. The van der Waals surface area contributed by atoms with Gasteiger partial charge in [-0.3, -0.25) is 4.79 Å². The summed E-state index contributed by atoms with van der Waals surface area (Å²) in [6.07, 6.45) is 2.02. The maximum atomic E-state index is 11.2. The third-order valence-electron chi connectivity index (χ3n) is 2.70. The Labute approximate surface area is 87.4 Å². The van der Waals surface area contributed by atoms with Gasteiger partial charge in [0.1, 0.15) is 0 Å². The van der Waals surface area contributed by atoms with Crippen LogP contribution in [0, 0.1) is 0 Å². The van der Waals surface area contributed by atoms with Crippen LogP contribution < -0.4 is 10.6 Å². The van der Waals surface area contributed by atoms with Crippen LogP contribution in [0.3, 0.4) is 0 Å². The Bertz CT molecular complexity index is 368. The summed E-state index contributed by atoms with van der Waals surface area (Å²) in [7, 11) is 1.54. The fourth-order valence-electron chi connectivity index (χ4n) is 1.73. The molecule has 0 aromatic carbocycles. The number of hydrogen-bond donors (Lipinski definition) is 2. The summed E-state index contributed by atoms with van der Waals surface area (Å²) >= 11 is 0. The number of rotatable bonds is 2. The number of carbonyl (C=O) groups excluding carboxylic acids is 1. The third-order valence-corrected chi connectivity index (χ3v) is 2.70. The maximum Gasteiger partial charge on any atom is 0.292 e. The molecule has 82 valence electrons. The molecular weight excluding hydrogens is 196 g/mol. The monoisotopic (exact) mass is 210 g/mol. The van der Waals surface area contributed by atoms with E-state index in [1.165, 1.54) is 7.05 Å². The molecule has 1 saturated heterocycles. The van der Waals surface area contributed by atoms with Crippen LogP contribution in [0.1, 0.15) is 36.3 Å². The zero-order chi connectivity index (χ0) is 10.9. The van der Waals surface area contributed by atoms with Crippen molar-refractivity contribution in [3.8, 4) is 0 Å². The van der Waals surface area contributed by atoms with Gasteiger partial charge in [0.25, 0.3) is 11.7 Å². The number of nitrogens with one attached hydrogen (secondary N) is 2. The average Bonchev–Trinajstić information content (AvgIpc) is 2.85. The van der Waals surface area contributed by atoms with Crippen molar-refractivity contribution >= 4 is 5.91 Å². The number of nitrogens with zero attached hydrogens (tertiary/aromatic N) is 2. The lowest BCUT2D eigenvalue weighted by Gasteiger charge is -2.18. The van der Waals surface area contributed by atoms with E-state index < -0.39 is 0 Å². The van der Waals surface area contributed by atoms with Gasteiger partial charge in [-0.15, -0.1) is 0 Å². The number of carbonyl (C=O) groups is 1. The third kappa shape index (κ3) is 1.72. The predicted octanol–water partition coefficient (Wildman–Crippen LogP) is 0.0278. The van der Waals surface area contributed by atoms with Crippen LogP contribution in [0.15, 0.2) is 4.52 Å². The number of hydrogen-bond acceptors (Lipinski definition) is 5. The molecule has 6 nitrogen and oxygen atoms in total. The summed E-state index contributed by atoms with van der Waals surface area (Å²) in [5.41, 5.74) is -0.279. The highest BCUT2D eigenvalue weighted by Gasteiger charge is 2.36. The van der Waals surface area contributed by atoms with Crippen molar-refractivity contribution in [1.29, 1.82) is 0 Å². The molecule has 0 radical (unpaired) electrons. The lowest BCUT2D eigenvalue weighted by molar-refractivity contribution is 0.0950.